The molecule has 2 heterocycles. The number of rotatable bonds is 6. The van der Waals surface area contributed by atoms with Crippen LogP contribution in [0.2, 0.25) is 0 Å². The fourth-order valence-corrected chi connectivity index (χ4v) is 2.71. The van der Waals surface area contributed by atoms with E-state index in [4.69, 9.17) is 19.9 Å². The van der Waals surface area contributed by atoms with E-state index < -0.39 is 0 Å². The van der Waals surface area contributed by atoms with Crippen molar-refractivity contribution in [3.63, 3.8) is 0 Å². The quantitative estimate of drug-likeness (QED) is 0.713. The van der Waals surface area contributed by atoms with E-state index >= 15 is 0 Å². The van der Waals surface area contributed by atoms with Crippen molar-refractivity contribution in [2.75, 3.05) is 24.8 Å². The van der Waals surface area contributed by atoms with Crippen LogP contribution in [-0.2, 0) is 4.74 Å². The van der Waals surface area contributed by atoms with Crippen molar-refractivity contribution >= 4 is 17.2 Å². The lowest BCUT2D eigenvalue weighted by atomic mass is 10.1. The second kappa shape index (κ2) is 7.74. The van der Waals surface area contributed by atoms with Crippen molar-refractivity contribution < 1.29 is 14.2 Å². The van der Waals surface area contributed by atoms with E-state index in [0.717, 1.165) is 17.0 Å². The van der Waals surface area contributed by atoms with Gasteiger partial charge in [0.05, 0.1) is 25.0 Å². The molecule has 3 rings (SSSR count). The van der Waals surface area contributed by atoms with E-state index in [1.165, 1.54) is 0 Å². The van der Waals surface area contributed by atoms with Gasteiger partial charge in [-0.25, -0.2) is 0 Å². The Morgan fingerprint density at radius 3 is 2.85 bits per heavy atom. The molecule has 1 aliphatic rings. The first-order chi connectivity index (χ1) is 13.0. The van der Waals surface area contributed by atoms with Gasteiger partial charge < -0.3 is 30.6 Å². The molecule has 1 atom stereocenters. The van der Waals surface area contributed by atoms with Gasteiger partial charge in [-0.15, -0.1) is 0 Å². The molecule has 140 valence electrons. The standard InChI is InChI=1S/C19H21N5O3/c1-4-26-19-14(9-20)15(21)8-17(24-19)23-12-5-6-13(16(7-12)25-3)18-22-10-11(2)27-18/h5-8,10,18,22H,4H2,1-3H3,(H3,21,23,24). The molecule has 0 aliphatic carbocycles. The highest BCUT2D eigenvalue weighted by Gasteiger charge is 2.21. The highest BCUT2D eigenvalue weighted by atomic mass is 16.5. The Morgan fingerprint density at radius 1 is 1.41 bits per heavy atom. The van der Waals surface area contributed by atoms with Crippen LogP contribution >= 0.6 is 0 Å². The third-order valence-electron chi connectivity index (χ3n) is 3.94. The van der Waals surface area contributed by atoms with Crippen LogP contribution in [0, 0.1) is 11.3 Å². The summed E-state index contributed by atoms with van der Waals surface area (Å²) in [6, 6.07) is 9.23. The first-order valence-corrected chi connectivity index (χ1v) is 8.43. The number of nitrogens with zero attached hydrogens (tertiary/aromatic N) is 2. The van der Waals surface area contributed by atoms with Gasteiger partial charge in [0.15, 0.2) is 6.23 Å². The van der Waals surface area contributed by atoms with Gasteiger partial charge in [-0.3, -0.25) is 0 Å². The SMILES string of the molecule is CCOc1nc(Nc2ccc(C3NC=C(C)O3)c(OC)c2)cc(N)c1C#N. The summed E-state index contributed by atoms with van der Waals surface area (Å²) in [6.45, 7) is 4.08. The number of aromatic nitrogens is 1. The molecule has 27 heavy (non-hydrogen) atoms. The van der Waals surface area contributed by atoms with Gasteiger partial charge >= 0.3 is 0 Å². The number of anilines is 3. The monoisotopic (exact) mass is 367 g/mol. The Balaban J connectivity index is 1.87. The van der Waals surface area contributed by atoms with Crippen LogP contribution in [0.25, 0.3) is 0 Å². The molecule has 4 N–H and O–H groups in total. The van der Waals surface area contributed by atoms with Crippen molar-refractivity contribution in [2.45, 2.75) is 20.1 Å². The zero-order valence-corrected chi connectivity index (χ0v) is 15.4. The predicted molar refractivity (Wildman–Crippen MR) is 102 cm³/mol. The van der Waals surface area contributed by atoms with E-state index in [1.807, 2.05) is 44.3 Å². The van der Waals surface area contributed by atoms with Gasteiger partial charge in [-0.2, -0.15) is 10.2 Å². The van der Waals surface area contributed by atoms with Gasteiger partial charge in [0.2, 0.25) is 5.88 Å². The summed E-state index contributed by atoms with van der Waals surface area (Å²) in [4.78, 5) is 4.33. The van der Waals surface area contributed by atoms with Crippen molar-refractivity contribution in [2.24, 2.45) is 0 Å². The van der Waals surface area contributed by atoms with E-state index in [-0.39, 0.29) is 17.7 Å². The minimum atomic E-state index is -0.290. The third kappa shape index (κ3) is 3.82. The van der Waals surface area contributed by atoms with Crippen molar-refractivity contribution in [1.29, 1.82) is 5.26 Å². The molecule has 1 unspecified atom stereocenters. The maximum atomic E-state index is 9.22. The summed E-state index contributed by atoms with van der Waals surface area (Å²) in [6.07, 6.45) is 1.52. The minimum absolute atomic E-state index is 0.205. The summed E-state index contributed by atoms with van der Waals surface area (Å²) >= 11 is 0. The molecule has 0 amide bonds. The molecule has 0 radical (unpaired) electrons. The molecule has 0 bridgehead atoms. The lowest BCUT2D eigenvalue weighted by molar-refractivity contribution is 0.127. The Kier molecular flexibility index (Phi) is 5.22. The van der Waals surface area contributed by atoms with Gasteiger partial charge in [0, 0.05) is 24.0 Å². The smallest absolute Gasteiger partial charge is 0.235 e. The number of nitriles is 1. The molecule has 2 aromatic rings. The molecule has 0 fully saturated rings. The maximum Gasteiger partial charge on any atom is 0.235 e. The topological polar surface area (TPSA) is 114 Å². The first kappa shape index (κ1) is 18.2. The first-order valence-electron chi connectivity index (χ1n) is 8.43. The number of benzene rings is 1. The second-order valence-electron chi connectivity index (χ2n) is 5.82. The van der Waals surface area contributed by atoms with Crippen molar-refractivity contribution in [3.8, 4) is 17.7 Å². The molecule has 1 aromatic carbocycles. The van der Waals surface area contributed by atoms with Crippen LogP contribution in [0.1, 0.15) is 31.2 Å². The molecular formula is C19H21N5O3. The largest absolute Gasteiger partial charge is 0.496 e. The van der Waals surface area contributed by atoms with Crippen LogP contribution in [-0.4, -0.2) is 18.7 Å². The fourth-order valence-electron chi connectivity index (χ4n) is 2.71. The van der Waals surface area contributed by atoms with Crippen molar-refractivity contribution in [3.05, 3.63) is 47.4 Å². The number of ether oxygens (including phenoxy) is 3. The van der Waals surface area contributed by atoms with Crippen molar-refractivity contribution in [1.82, 2.24) is 10.3 Å². The Morgan fingerprint density at radius 2 is 2.22 bits per heavy atom. The summed E-state index contributed by atoms with van der Waals surface area (Å²) in [5.74, 6) is 2.14. The molecule has 8 heteroatoms. The molecule has 0 saturated carbocycles. The Labute approximate surface area is 157 Å². The molecular weight excluding hydrogens is 346 g/mol. The molecule has 8 nitrogen and oxygen atoms in total. The van der Waals surface area contributed by atoms with Crippen LogP contribution in [0.5, 0.6) is 11.6 Å². The fraction of sp³-hybridized carbons (Fsp3) is 0.263. The summed E-state index contributed by atoms with van der Waals surface area (Å²) in [5, 5.41) is 15.5. The van der Waals surface area contributed by atoms with Crippen LogP contribution in [0.3, 0.4) is 0 Å². The van der Waals surface area contributed by atoms with Gasteiger partial charge in [0.1, 0.15) is 29.0 Å². The Hall–Kier alpha value is -3.60. The molecule has 1 aromatic heterocycles. The Bertz CT molecular complexity index is 920. The maximum absolute atomic E-state index is 9.22. The second-order valence-corrected chi connectivity index (χ2v) is 5.82. The molecule has 0 spiro atoms. The normalized spacial score (nSPS) is 15.2. The number of methoxy groups -OCH3 is 1. The van der Waals surface area contributed by atoms with E-state index in [2.05, 4.69) is 15.6 Å². The average Bonchev–Trinajstić information content (AvgIpc) is 3.08. The van der Waals surface area contributed by atoms with Gasteiger partial charge in [0.25, 0.3) is 0 Å². The minimum Gasteiger partial charge on any atom is -0.496 e. The van der Waals surface area contributed by atoms with Gasteiger partial charge in [-0.1, -0.05) is 0 Å². The molecule has 0 saturated heterocycles. The van der Waals surface area contributed by atoms with E-state index in [9.17, 15) is 5.26 Å². The number of hydrogen-bond donors (Lipinski definition) is 3. The number of nitrogen functional groups attached to an aromatic ring is 1. The third-order valence-corrected chi connectivity index (χ3v) is 3.94. The number of nitrogens with one attached hydrogen (secondary N) is 2. The zero-order valence-electron chi connectivity index (χ0n) is 15.4. The lowest BCUT2D eigenvalue weighted by Crippen LogP contribution is -2.13. The average molecular weight is 367 g/mol. The van der Waals surface area contributed by atoms with Gasteiger partial charge in [-0.05, 0) is 26.0 Å². The zero-order chi connectivity index (χ0) is 19.4. The summed E-state index contributed by atoms with van der Waals surface area (Å²) in [7, 11) is 1.60. The van der Waals surface area contributed by atoms with E-state index in [0.29, 0.717) is 23.9 Å². The number of nitrogens with two attached hydrogens (primary N) is 1. The summed E-state index contributed by atoms with van der Waals surface area (Å²) < 4.78 is 16.6. The number of pyridine rings is 1. The van der Waals surface area contributed by atoms with Crippen LogP contribution < -0.4 is 25.8 Å². The highest BCUT2D eigenvalue weighted by molar-refractivity contribution is 5.68. The lowest BCUT2D eigenvalue weighted by Gasteiger charge is -2.18. The molecule has 1 aliphatic heterocycles. The highest BCUT2D eigenvalue weighted by Crippen LogP contribution is 2.34. The summed E-state index contributed by atoms with van der Waals surface area (Å²) in [5.41, 5.74) is 8.10. The predicted octanol–water partition coefficient (Wildman–Crippen LogP) is 3.17. The number of hydrogen-bond acceptors (Lipinski definition) is 8. The van der Waals surface area contributed by atoms with E-state index in [1.54, 1.807) is 13.2 Å². The van der Waals surface area contributed by atoms with Crippen LogP contribution in [0.4, 0.5) is 17.2 Å². The van der Waals surface area contributed by atoms with Crippen LogP contribution in [0.15, 0.2) is 36.2 Å². The number of allylic oxidation sites excluding steroid dienone is 1.